The molecular formula is C20H14F3N3OS. The fourth-order valence-corrected chi connectivity index (χ4v) is 3.83. The zero-order chi connectivity index (χ0) is 19.8. The molecule has 0 bridgehead atoms. The highest BCUT2D eigenvalue weighted by Gasteiger charge is 2.20. The normalized spacial score (nSPS) is 11.5. The number of imidazole rings is 1. The van der Waals surface area contributed by atoms with E-state index in [0.29, 0.717) is 5.01 Å². The molecule has 0 unspecified atom stereocenters. The van der Waals surface area contributed by atoms with Gasteiger partial charge < -0.3 is 4.98 Å². The molecule has 0 fully saturated rings. The minimum Gasteiger partial charge on any atom is -0.338 e. The number of aromatic amines is 1. The molecule has 2 heterocycles. The fraction of sp³-hybridized carbons (Fsp3) is 0.150. The lowest BCUT2D eigenvalue weighted by Gasteiger charge is -2.05. The van der Waals surface area contributed by atoms with Crippen LogP contribution in [-0.2, 0) is 6.42 Å². The molecule has 0 radical (unpaired) electrons. The molecule has 4 nitrogen and oxygen atoms in total. The van der Waals surface area contributed by atoms with Gasteiger partial charge in [0, 0.05) is 27.8 Å². The second-order valence-electron chi connectivity index (χ2n) is 6.29. The third kappa shape index (κ3) is 3.43. The van der Waals surface area contributed by atoms with Crippen LogP contribution in [-0.4, -0.2) is 20.7 Å². The van der Waals surface area contributed by atoms with E-state index in [1.165, 1.54) is 35.6 Å². The number of alkyl halides is 2. The molecule has 2 aromatic carbocycles. The molecule has 4 aromatic rings. The van der Waals surface area contributed by atoms with Gasteiger partial charge in [0.25, 0.3) is 6.43 Å². The van der Waals surface area contributed by atoms with Crippen molar-refractivity contribution in [3.63, 3.8) is 0 Å². The third-order valence-electron chi connectivity index (χ3n) is 4.28. The van der Waals surface area contributed by atoms with E-state index in [-0.39, 0.29) is 45.8 Å². The zero-order valence-corrected chi connectivity index (χ0v) is 15.5. The predicted molar refractivity (Wildman–Crippen MR) is 101 cm³/mol. The summed E-state index contributed by atoms with van der Waals surface area (Å²) in [4.78, 5) is 25.1. The molecular weight excluding hydrogens is 387 g/mol. The maximum absolute atomic E-state index is 14.1. The van der Waals surface area contributed by atoms with E-state index in [9.17, 15) is 18.0 Å². The van der Waals surface area contributed by atoms with Crippen LogP contribution in [0.15, 0.2) is 42.6 Å². The van der Waals surface area contributed by atoms with Crippen LogP contribution in [0, 0.1) is 12.7 Å². The molecule has 0 aliphatic heterocycles. The van der Waals surface area contributed by atoms with Gasteiger partial charge in [-0.3, -0.25) is 4.79 Å². The number of nitrogens with one attached hydrogen (secondary N) is 1. The molecule has 0 spiro atoms. The monoisotopic (exact) mass is 401 g/mol. The fourth-order valence-electron chi connectivity index (χ4n) is 3.04. The molecule has 142 valence electrons. The van der Waals surface area contributed by atoms with Crippen molar-refractivity contribution >= 4 is 28.2 Å². The number of ketones is 1. The Morgan fingerprint density at radius 2 is 2.04 bits per heavy atom. The lowest BCUT2D eigenvalue weighted by atomic mass is 10.1. The van der Waals surface area contributed by atoms with Gasteiger partial charge in [-0.1, -0.05) is 24.3 Å². The molecule has 0 aliphatic rings. The van der Waals surface area contributed by atoms with E-state index in [0.717, 1.165) is 10.9 Å². The smallest absolute Gasteiger partial charge is 0.264 e. The number of aryl methyl sites for hydroxylation is 1. The van der Waals surface area contributed by atoms with Crippen molar-refractivity contribution in [2.45, 2.75) is 19.8 Å². The first-order chi connectivity index (χ1) is 13.4. The number of H-pyrrole nitrogens is 1. The van der Waals surface area contributed by atoms with Crippen LogP contribution in [0.25, 0.3) is 22.4 Å². The van der Waals surface area contributed by atoms with Gasteiger partial charge in [-0.2, -0.15) is 0 Å². The highest BCUT2D eigenvalue weighted by molar-refractivity contribution is 7.11. The van der Waals surface area contributed by atoms with E-state index in [1.54, 1.807) is 12.3 Å². The summed E-state index contributed by atoms with van der Waals surface area (Å²) in [6, 6.07) is 8.26. The average molecular weight is 401 g/mol. The van der Waals surface area contributed by atoms with E-state index >= 15 is 0 Å². The molecule has 0 saturated carbocycles. The molecule has 28 heavy (non-hydrogen) atoms. The molecule has 0 amide bonds. The Bertz CT molecular complexity index is 1180. The number of carbonyl (C=O) groups is 1. The largest absolute Gasteiger partial charge is 0.338 e. The summed E-state index contributed by atoms with van der Waals surface area (Å²) in [7, 11) is 0. The van der Waals surface area contributed by atoms with Gasteiger partial charge in [0.1, 0.15) is 16.6 Å². The molecule has 0 aliphatic carbocycles. The van der Waals surface area contributed by atoms with E-state index in [1.807, 2.05) is 6.92 Å². The highest BCUT2D eigenvalue weighted by atomic mass is 32.1. The highest BCUT2D eigenvalue weighted by Crippen LogP contribution is 2.31. The number of rotatable bonds is 5. The summed E-state index contributed by atoms with van der Waals surface area (Å²) >= 11 is 1.39. The Labute approximate surface area is 162 Å². The summed E-state index contributed by atoms with van der Waals surface area (Å²) in [6.07, 6.45) is -0.995. The first kappa shape index (κ1) is 18.4. The lowest BCUT2D eigenvalue weighted by Crippen LogP contribution is -2.05. The van der Waals surface area contributed by atoms with Crippen LogP contribution in [0.3, 0.4) is 0 Å². The molecule has 4 rings (SSSR count). The Morgan fingerprint density at radius 3 is 2.75 bits per heavy atom. The molecule has 2 aromatic heterocycles. The maximum atomic E-state index is 14.1. The topological polar surface area (TPSA) is 58.6 Å². The van der Waals surface area contributed by atoms with Crippen LogP contribution in [0.5, 0.6) is 0 Å². The van der Waals surface area contributed by atoms with Gasteiger partial charge in [-0.25, -0.2) is 23.1 Å². The van der Waals surface area contributed by atoms with Gasteiger partial charge in [-0.15, -0.1) is 11.3 Å². The van der Waals surface area contributed by atoms with E-state index in [4.69, 9.17) is 0 Å². The van der Waals surface area contributed by atoms with Gasteiger partial charge >= 0.3 is 0 Å². The summed E-state index contributed by atoms with van der Waals surface area (Å²) in [6.45, 7) is 1.88. The van der Waals surface area contributed by atoms with Crippen LogP contribution in [0.1, 0.15) is 32.2 Å². The van der Waals surface area contributed by atoms with Crippen LogP contribution < -0.4 is 0 Å². The SMILES string of the molecule is Cc1cnc(CC(=O)c2cc(F)cc3[nH]c(-c4ccccc4C(F)F)nc23)s1. The second-order valence-corrected chi connectivity index (χ2v) is 7.61. The quantitative estimate of drug-likeness (QED) is 0.450. The van der Waals surface area contributed by atoms with Crippen molar-refractivity contribution in [3.05, 3.63) is 69.4 Å². The summed E-state index contributed by atoms with van der Waals surface area (Å²) in [5, 5.41) is 0.624. The Balaban J connectivity index is 1.80. The van der Waals surface area contributed by atoms with Crippen molar-refractivity contribution in [1.29, 1.82) is 0 Å². The van der Waals surface area contributed by atoms with Crippen molar-refractivity contribution in [2.75, 3.05) is 0 Å². The minimum absolute atomic E-state index is 0.0207. The molecule has 1 N–H and O–H groups in total. The van der Waals surface area contributed by atoms with Gasteiger partial charge in [0.2, 0.25) is 0 Å². The first-order valence-electron chi connectivity index (χ1n) is 8.43. The van der Waals surface area contributed by atoms with Crippen LogP contribution in [0.4, 0.5) is 13.2 Å². The van der Waals surface area contributed by atoms with Crippen molar-refractivity contribution in [3.8, 4) is 11.4 Å². The van der Waals surface area contributed by atoms with Crippen molar-refractivity contribution in [1.82, 2.24) is 15.0 Å². The number of thiazole rings is 1. The summed E-state index contributed by atoms with van der Waals surface area (Å²) < 4.78 is 40.7. The number of carbonyl (C=O) groups excluding carboxylic acids is 1. The minimum atomic E-state index is -2.68. The van der Waals surface area contributed by atoms with Crippen molar-refractivity contribution < 1.29 is 18.0 Å². The number of benzene rings is 2. The maximum Gasteiger partial charge on any atom is 0.264 e. The van der Waals surface area contributed by atoms with Gasteiger partial charge in [0.05, 0.1) is 17.5 Å². The second kappa shape index (κ2) is 7.20. The Hall–Kier alpha value is -3.00. The van der Waals surface area contributed by atoms with Crippen LogP contribution in [0.2, 0.25) is 0 Å². The number of halogens is 3. The number of Topliss-reactive ketones (excluding diaryl/α,β-unsaturated/α-hetero) is 1. The zero-order valence-electron chi connectivity index (χ0n) is 14.7. The third-order valence-corrected chi connectivity index (χ3v) is 5.20. The van der Waals surface area contributed by atoms with Gasteiger partial charge in [0.15, 0.2) is 5.78 Å². The van der Waals surface area contributed by atoms with Crippen molar-refractivity contribution in [2.24, 2.45) is 0 Å². The number of hydrogen-bond donors (Lipinski definition) is 1. The van der Waals surface area contributed by atoms with Crippen LogP contribution >= 0.6 is 11.3 Å². The number of nitrogens with zero attached hydrogens (tertiary/aromatic N) is 2. The molecule has 8 heteroatoms. The Morgan fingerprint density at radius 1 is 1.25 bits per heavy atom. The van der Waals surface area contributed by atoms with E-state index in [2.05, 4.69) is 15.0 Å². The number of hydrogen-bond acceptors (Lipinski definition) is 4. The summed E-state index contributed by atoms with van der Waals surface area (Å²) in [5.74, 6) is -0.779. The predicted octanol–water partition coefficient (Wildman–Crippen LogP) is 5.50. The Kier molecular flexibility index (Phi) is 4.72. The molecule has 0 saturated heterocycles. The van der Waals surface area contributed by atoms with E-state index < -0.39 is 12.2 Å². The number of fused-ring (bicyclic) bond motifs is 1. The van der Waals surface area contributed by atoms with Gasteiger partial charge in [-0.05, 0) is 19.1 Å². The lowest BCUT2D eigenvalue weighted by molar-refractivity contribution is 0.0994. The average Bonchev–Trinajstić information content (AvgIpc) is 3.26. The first-order valence-corrected chi connectivity index (χ1v) is 9.25. The summed E-state index contributed by atoms with van der Waals surface area (Å²) in [5.41, 5.74) is 0.646. The standard InChI is InChI=1S/C20H14F3N3OS/c1-10-9-24-17(28-10)8-16(27)14-6-11(21)7-15-18(14)26-20(25-15)13-5-3-2-4-12(13)19(22)23/h2-7,9,19H,8H2,1H3,(H,25,26). The number of aromatic nitrogens is 3. The molecule has 0 atom stereocenters.